The summed E-state index contributed by atoms with van der Waals surface area (Å²) in [6, 6.07) is 14.9. The summed E-state index contributed by atoms with van der Waals surface area (Å²) in [4.78, 5) is 14.5. The van der Waals surface area contributed by atoms with Crippen molar-refractivity contribution in [1.82, 2.24) is 4.90 Å². The van der Waals surface area contributed by atoms with E-state index in [1.807, 2.05) is 53.4 Å². The van der Waals surface area contributed by atoms with Crippen LogP contribution < -0.4 is 4.74 Å². The van der Waals surface area contributed by atoms with Crippen molar-refractivity contribution in [3.05, 3.63) is 64.7 Å². The number of halogens is 1. The molecule has 0 heterocycles. The van der Waals surface area contributed by atoms with Crippen molar-refractivity contribution in [3.63, 3.8) is 0 Å². The number of hydrogen-bond donors (Lipinski definition) is 0. The van der Waals surface area contributed by atoms with E-state index in [1.165, 1.54) is 0 Å². The fraction of sp³-hybridized carbons (Fsp3) is 0.350. The SMILES string of the molecule is CCCN(CCC)C(=O)c1cccc(OCc2ccc(Cl)cc2)c1. The molecule has 3 nitrogen and oxygen atoms in total. The predicted octanol–water partition coefficient (Wildman–Crippen LogP) is 5.18. The first-order chi connectivity index (χ1) is 11.6. The summed E-state index contributed by atoms with van der Waals surface area (Å²) in [5.41, 5.74) is 1.71. The number of carbonyl (C=O) groups excluding carboxylic acids is 1. The third-order valence-electron chi connectivity index (χ3n) is 3.67. The molecule has 0 radical (unpaired) electrons. The molecule has 0 aliphatic carbocycles. The van der Waals surface area contributed by atoms with Crippen LogP contribution in [0.2, 0.25) is 5.02 Å². The molecule has 24 heavy (non-hydrogen) atoms. The Kier molecular flexibility index (Phi) is 7.13. The van der Waals surface area contributed by atoms with Gasteiger partial charge < -0.3 is 9.64 Å². The molecule has 0 bridgehead atoms. The number of benzene rings is 2. The Morgan fingerprint density at radius 2 is 1.71 bits per heavy atom. The molecule has 0 spiro atoms. The maximum Gasteiger partial charge on any atom is 0.253 e. The van der Waals surface area contributed by atoms with Gasteiger partial charge >= 0.3 is 0 Å². The second-order valence-corrected chi connectivity index (χ2v) is 6.17. The van der Waals surface area contributed by atoms with E-state index in [-0.39, 0.29) is 5.91 Å². The van der Waals surface area contributed by atoms with E-state index in [4.69, 9.17) is 16.3 Å². The van der Waals surface area contributed by atoms with E-state index in [2.05, 4.69) is 13.8 Å². The van der Waals surface area contributed by atoms with E-state index in [1.54, 1.807) is 0 Å². The fourth-order valence-electron chi connectivity index (χ4n) is 2.50. The van der Waals surface area contributed by atoms with Gasteiger partial charge in [0.05, 0.1) is 0 Å². The summed E-state index contributed by atoms with van der Waals surface area (Å²) >= 11 is 5.88. The van der Waals surface area contributed by atoms with Gasteiger partial charge in [0, 0.05) is 23.7 Å². The lowest BCUT2D eigenvalue weighted by Gasteiger charge is -2.21. The molecule has 2 rings (SSSR count). The van der Waals surface area contributed by atoms with Gasteiger partial charge in [0.1, 0.15) is 12.4 Å². The van der Waals surface area contributed by atoms with Crippen LogP contribution in [-0.2, 0) is 6.61 Å². The molecule has 0 atom stereocenters. The monoisotopic (exact) mass is 345 g/mol. The van der Waals surface area contributed by atoms with Crippen molar-refractivity contribution in [1.29, 1.82) is 0 Å². The Hall–Kier alpha value is -2.00. The highest BCUT2D eigenvalue weighted by atomic mass is 35.5. The normalized spacial score (nSPS) is 10.5. The molecule has 0 aliphatic rings. The minimum Gasteiger partial charge on any atom is -0.489 e. The Bertz CT molecular complexity index is 649. The molecule has 4 heteroatoms. The van der Waals surface area contributed by atoms with E-state index in [0.717, 1.165) is 31.5 Å². The predicted molar refractivity (Wildman–Crippen MR) is 98.7 cm³/mol. The molecule has 128 valence electrons. The zero-order chi connectivity index (χ0) is 17.4. The molecule has 0 unspecified atom stereocenters. The number of carbonyl (C=O) groups is 1. The molecule has 0 N–H and O–H groups in total. The maximum atomic E-state index is 12.6. The molecule has 0 saturated heterocycles. The van der Waals surface area contributed by atoms with Gasteiger partial charge in [-0.25, -0.2) is 0 Å². The standard InChI is InChI=1S/C20H24ClNO2/c1-3-12-22(13-4-2)20(23)17-6-5-7-19(14-17)24-15-16-8-10-18(21)11-9-16/h5-11,14H,3-4,12-13,15H2,1-2H3. The molecule has 0 aromatic heterocycles. The Balaban J connectivity index is 2.04. The van der Waals surface area contributed by atoms with Gasteiger partial charge in [-0.2, -0.15) is 0 Å². The van der Waals surface area contributed by atoms with Gasteiger partial charge in [0.25, 0.3) is 5.91 Å². The number of hydrogen-bond acceptors (Lipinski definition) is 2. The quantitative estimate of drug-likeness (QED) is 0.659. The topological polar surface area (TPSA) is 29.5 Å². The minimum atomic E-state index is 0.0654. The molecule has 0 fully saturated rings. The van der Waals surface area contributed by atoms with Crippen LogP contribution in [0.25, 0.3) is 0 Å². The van der Waals surface area contributed by atoms with Crippen molar-refractivity contribution in [2.24, 2.45) is 0 Å². The number of amides is 1. The van der Waals surface area contributed by atoms with Crippen LogP contribution in [0.3, 0.4) is 0 Å². The van der Waals surface area contributed by atoms with E-state index >= 15 is 0 Å². The fourth-order valence-corrected chi connectivity index (χ4v) is 2.63. The molecular weight excluding hydrogens is 322 g/mol. The Morgan fingerprint density at radius 1 is 1.04 bits per heavy atom. The first kappa shape index (κ1) is 18.3. The van der Waals surface area contributed by atoms with E-state index in [0.29, 0.717) is 22.9 Å². The van der Waals surface area contributed by atoms with Crippen LogP contribution in [0.1, 0.15) is 42.6 Å². The zero-order valence-electron chi connectivity index (χ0n) is 14.3. The van der Waals surface area contributed by atoms with Crippen LogP contribution in [-0.4, -0.2) is 23.9 Å². The molecule has 2 aromatic rings. The third-order valence-corrected chi connectivity index (χ3v) is 3.93. The van der Waals surface area contributed by atoms with Gasteiger partial charge in [-0.3, -0.25) is 4.79 Å². The van der Waals surface area contributed by atoms with Crippen LogP contribution in [0, 0.1) is 0 Å². The second-order valence-electron chi connectivity index (χ2n) is 5.74. The zero-order valence-corrected chi connectivity index (χ0v) is 15.1. The lowest BCUT2D eigenvalue weighted by atomic mass is 10.1. The summed E-state index contributed by atoms with van der Waals surface area (Å²) < 4.78 is 5.81. The average molecular weight is 346 g/mol. The highest BCUT2D eigenvalue weighted by Crippen LogP contribution is 2.18. The summed E-state index contributed by atoms with van der Waals surface area (Å²) in [6.45, 7) is 6.18. The van der Waals surface area contributed by atoms with Crippen LogP contribution in [0.4, 0.5) is 0 Å². The maximum absolute atomic E-state index is 12.6. The van der Waals surface area contributed by atoms with Crippen molar-refractivity contribution in [2.45, 2.75) is 33.3 Å². The summed E-state index contributed by atoms with van der Waals surface area (Å²) in [7, 11) is 0. The lowest BCUT2D eigenvalue weighted by Crippen LogP contribution is -2.32. The molecule has 2 aromatic carbocycles. The van der Waals surface area contributed by atoms with Crippen molar-refractivity contribution < 1.29 is 9.53 Å². The molecule has 1 amide bonds. The minimum absolute atomic E-state index is 0.0654. The highest BCUT2D eigenvalue weighted by molar-refractivity contribution is 6.30. The van der Waals surface area contributed by atoms with Gasteiger partial charge in [-0.15, -0.1) is 0 Å². The average Bonchev–Trinajstić information content (AvgIpc) is 2.61. The number of ether oxygens (including phenoxy) is 1. The Labute approximate surface area is 149 Å². The summed E-state index contributed by atoms with van der Waals surface area (Å²) in [5.74, 6) is 0.763. The van der Waals surface area contributed by atoms with Gasteiger partial charge in [0.2, 0.25) is 0 Å². The number of nitrogens with zero attached hydrogens (tertiary/aromatic N) is 1. The lowest BCUT2D eigenvalue weighted by molar-refractivity contribution is 0.0755. The summed E-state index contributed by atoms with van der Waals surface area (Å²) in [6.07, 6.45) is 1.91. The second kappa shape index (κ2) is 9.33. The first-order valence-corrected chi connectivity index (χ1v) is 8.78. The third kappa shape index (κ3) is 5.27. The Morgan fingerprint density at radius 3 is 2.33 bits per heavy atom. The van der Waals surface area contributed by atoms with Crippen LogP contribution >= 0.6 is 11.6 Å². The molecular formula is C20H24ClNO2. The van der Waals surface area contributed by atoms with Gasteiger partial charge in [-0.1, -0.05) is 43.6 Å². The molecule has 0 saturated carbocycles. The van der Waals surface area contributed by atoms with E-state index < -0.39 is 0 Å². The van der Waals surface area contributed by atoms with Gasteiger partial charge in [0.15, 0.2) is 0 Å². The van der Waals surface area contributed by atoms with Crippen molar-refractivity contribution in [2.75, 3.05) is 13.1 Å². The van der Waals surface area contributed by atoms with E-state index in [9.17, 15) is 4.79 Å². The van der Waals surface area contributed by atoms with Crippen molar-refractivity contribution >= 4 is 17.5 Å². The van der Waals surface area contributed by atoms with Crippen LogP contribution in [0.15, 0.2) is 48.5 Å². The van der Waals surface area contributed by atoms with Crippen LogP contribution in [0.5, 0.6) is 5.75 Å². The van der Waals surface area contributed by atoms with Crippen molar-refractivity contribution in [3.8, 4) is 5.75 Å². The summed E-state index contributed by atoms with van der Waals surface area (Å²) in [5, 5.41) is 0.707. The van der Waals surface area contributed by atoms with Gasteiger partial charge in [-0.05, 0) is 48.7 Å². The highest BCUT2D eigenvalue weighted by Gasteiger charge is 2.14. The largest absolute Gasteiger partial charge is 0.489 e. The number of rotatable bonds is 8. The molecule has 0 aliphatic heterocycles. The smallest absolute Gasteiger partial charge is 0.253 e. The first-order valence-electron chi connectivity index (χ1n) is 8.40.